The fourth-order valence-electron chi connectivity index (χ4n) is 1.10. The van der Waals surface area contributed by atoms with Crippen LogP contribution in [-0.2, 0) is 4.74 Å². The Morgan fingerprint density at radius 1 is 1.42 bits per heavy atom. The summed E-state index contributed by atoms with van der Waals surface area (Å²) >= 11 is 0. The lowest BCUT2D eigenvalue weighted by atomic mass is 10.2. The molecule has 0 aromatic carbocycles. The van der Waals surface area contributed by atoms with E-state index >= 15 is 0 Å². The first-order valence-electron chi connectivity index (χ1n) is 4.11. The van der Waals surface area contributed by atoms with E-state index in [0.717, 1.165) is 12.2 Å². The minimum Gasteiger partial charge on any atom is -0.497 e. The van der Waals surface area contributed by atoms with Gasteiger partial charge in [0.1, 0.15) is 5.76 Å². The third-order valence-corrected chi connectivity index (χ3v) is 1.71. The zero-order valence-corrected chi connectivity index (χ0v) is 7.58. The highest BCUT2D eigenvalue weighted by molar-refractivity contribution is 5.32. The molecule has 1 aliphatic rings. The molecule has 12 heavy (non-hydrogen) atoms. The van der Waals surface area contributed by atoms with Gasteiger partial charge in [-0.15, -0.1) is 0 Å². The van der Waals surface area contributed by atoms with Gasteiger partial charge in [-0.2, -0.15) is 0 Å². The molecule has 0 saturated carbocycles. The summed E-state index contributed by atoms with van der Waals surface area (Å²) in [6.45, 7) is 2.02. The minimum absolute atomic E-state index is 0.912. The van der Waals surface area contributed by atoms with Crippen LogP contribution in [0.1, 0.15) is 13.3 Å². The summed E-state index contributed by atoms with van der Waals surface area (Å²) in [5.41, 5.74) is 1.31. The van der Waals surface area contributed by atoms with Gasteiger partial charge in [-0.05, 0) is 31.1 Å². The van der Waals surface area contributed by atoms with Crippen molar-refractivity contribution in [3.63, 3.8) is 0 Å². The van der Waals surface area contributed by atoms with Crippen LogP contribution in [0.5, 0.6) is 0 Å². The van der Waals surface area contributed by atoms with Gasteiger partial charge in [0.25, 0.3) is 0 Å². The lowest BCUT2D eigenvalue weighted by Gasteiger charge is -1.94. The molecule has 64 valence electrons. The summed E-state index contributed by atoms with van der Waals surface area (Å²) in [6.07, 6.45) is 13.3. The second-order valence-electron chi connectivity index (χ2n) is 2.62. The summed E-state index contributed by atoms with van der Waals surface area (Å²) in [4.78, 5) is 0. The van der Waals surface area contributed by atoms with Gasteiger partial charge in [-0.25, -0.2) is 0 Å². The highest BCUT2D eigenvalue weighted by Gasteiger charge is 1.94. The monoisotopic (exact) mass is 162 g/mol. The van der Waals surface area contributed by atoms with Crippen LogP contribution in [0.25, 0.3) is 0 Å². The molecule has 0 aromatic rings. The van der Waals surface area contributed by atoms with Crippen molar-refractivity contribution < 1.29 is 4.74 Å². The lowest BCUT2D eigenvalue weighted by Crippen LogP contribution is -1.77. The van der Waals surface area contributed by atoms with E-state index in [1.165, 1.54) is 5.57 Å². The number of ether oxygens (including phenoxy) is 1. The van der Waals surface area contributed by atoms with Crippen LogP contribution in [0, 0.1) is 0 Å². The molecule has 0 fully saturated rings. The van der Waals surface area contributed by atoms with Crippen LogP contribution in [0.15, 0.2) is 47.8 Å². The van der Waals surface area contributed by atoms with E-state index in [4.69, 9.17) is 4.74 Å². The molecule has 1 heteroatoms. The molecule has 1 aliphatic carbocycles. The number of allylic oxidation sites excluding steroid dienone is 7. The standard InChI is InChI=1S/C11H14O/c1-3-5-10-6-4-7-11(12-2)9-8-10/h3-5,7-9H,6H2,1-2H3/b5-3+. The second kappa shape index (κ2) is 4.60. The van der Waals surface area contributed by atoms with Gasteiger partial charge in [-0.3, -0.25) is 0 Å². The Kier molecular flexibility index (Phi) is 3.39. The molecule has 0 spiro atoms. The smallest absolute Gasteiger partial charge is 0.118 e. The van der Waals surface area contributed by atoms with E-state index in [1.54, 1.807) is 7.11 Å². The van der Waals surface area contributed by atoms with Gasteiger partial charge in [0.15, 0.2) is 0 Å². The molecule has 0 atom stereocenters. The minimum atomic E-state index is 0.912. The van der Waals surface area contributed by atoms with Crippen molar-refractivity contribution in [2.75, 3.05) is 7.11 Å². The fraction of sp³-hybridized carbons (Fsp3) is 0.273. The third-order valence-electron chi connectivity index (χ3n) is 1.71. The molecule has 0 amide bonds. The molecule has 0 unspecified atom stereocenters. The molecule has 0 saturated heterocycles. The van der Waals surface area contributed by atoms with Crippen LogP contribution < -0.4 is 0 Å². The molecule has 0 aliphatic heterocycles. The Morgan fingerprint density at radius 3 is 2.92 bits per heavy atom. The summed E-state index contributed by atoms with van der Waals surface area (Å²) in [6, 6.07) is 0. The van der Waals surface area contributed by atoms with Gasteiger partial charge < -0.3 is 4.74 Å². The van der Waals surface area contributed by atoms with E-state index in [2.05, 4.69) is 18.2 Å². The third kappa shape index (κ3) is 2.42. The highest BCUT2D eigenvalue weighted by Crippen LogP contribution is 2.12. The van der Waals surface area contributed by atoms with Crippen molar-refractivity contribution in [1.82, 2.24) is 0 Å². The van der Waals surface area contributed by atoms with Crippen LogP contribution in [0.3, 0.4) is 0 Å². The molecular weight excluding hydrogens is 148 g/mol. The molecule has 0 aromatic heterocycles. The van der Waals surface area contributed by atoms with Gasteiger partial charge in [0.2, 0.25) is 0 Å². The predicted molar refractivity (Wildman–Crippen MR) is 51.7 cm³/mol. The quantitative estimate of drug-likeness (QED) is 0.606. The van der Waals surface area contributed by atoms with Crippen molar-refractivity contribution in [2.45, 2.75) is 13.3 Å². The molecule has 0 radical (unpaired) electrons. The molecular formula is C11H14O. The van der Waals surface area contributed by atoms with Crippen molar-refractivity contribution in [2.24, 2.45) is 0 Å². The fourth-order valence-corrected chi connectivity index (χ4v) is 1.10. The summed E-state index contributed by atoms with van der Waals surface area (Å²) in [5, 5.41) is 0. The van der Waals surface area contributed by atoms with E-state index in [-0.39, 0.29) is 0 Å². The lowest BCUT2D eigenvalue weighted by molar-refractivity contribution is 0.307. The first kappa shape index (κ1) is 8.85. The predicted octanol–water partition coefficient (Wildman–Crippen LogP) is 2.98. The van der Waals surface area contributed by atoms with Crippen LogP contribution in [-0.4, -0.2) is 7.11 Å². The summed E-state index contributed by atoms with van der Waals surface area (Å²) < 4.78 is 5.10. The average Bonchev–Trinajstić information content (AvgIpc) is 2.31. The normalized spacial score (nSPS) is 17.2. The number of hydrogen-bond acceptors (Lipinski definition) is 1. The van der Waals surface area contributed by atoms with Gasteiger partial charge >= 0.3 is 0 Å². The maximum atomic E-state index is 5.10. The topological polar surface area (TPSA) is 9.23 Å². The average molecular weight is 162 g/mol. The summed E-state index contributed by atoms with van der Waals surface area (Å²) in [5.74, 6) is 0.912. The van der Waals surface area contributed by atoms with Crippen LogP contribution in [0.2, 0.25) is 0 Å². The summed E-state index contributed by atoms with van der Waals surface area (Å²) in [7, 11) is 1.69. The Balaban J connectivity index is 2.77. The van der Waals surface area contributed by atoms with Gasteiger partial charge in [0, 0.05) is 0 Å². The van der Waals surface area contributed by atoms with Gasteiger partial charge in [0.05, 0.1) is 7.11 Å². The molecule has 1 nitrogen and oxygen atoms in total. The van der Waals surface area contributed by atoms with E-state index < -0.39 is 0 Å². The van der Waals surface area contributed by atoms with Crippen molar-refractivity contribution in [3.05, 3.63) is 47.8 Å². The van der Waals surface area contributed by atoms with E-state index in [1.807, 2.05) is 25.2 Å². The van der Waals surface area contributed by atoms with Crippen LogP contribution >= 0.6 is 0 Å². The zero-order valence-electron chi connectivity index (χ0n) is 7.58. The maximum absolute atomic E-state index is 5.10. The molecule has 0 N–H and O–H groups in total. The van der Waals surface area contributed by atoms with Crippen molar-refractivity contribution >= 4 is 0 Å². The Hall–Kier alpha value is -1.24. The Bertz CT molecular complexity index is 254. The second-order valence-corrected chi connectivity index (χ2v) is 2.62. The SMILES string of the molecule is C/C=C/C1=CC=C(OC)C=CC1. The first-order chi connectivity index (χ1) is 5.86. The zero-order chi connectivity index (χ0) is 8.81. The Labute approximate surface area is 73.7 Å². The van der Waals surface area contributed by atoms with E-state index in [9.17, 15) is 0 Å². The number of hydrogen-bond donors (Lipinski definition) is 0. The molecule has 0 heterocycles. The van der Waals surface area contributed by atoms with Gasteiger partial charge in [-0.1, -0.05) is 24.3 Å². The van der Waals surface area contributed by atoms with Crippen molar-refractivity contribution in [1.29, 1.82) is 0 Å². The van der Waals surface area contributed by atoms with Crippen molar-refractivity contribution in [3.8, 4) is 0 Å². The largest absolute Gasteiger partial charge is 0.497 e. The molecule has 0 bridgehead atoms. The number of methoxy groups -OCH3 is 1. The number of rotatable bonds is 2. The van der Waals surface area contributed by atoms with Crippen LogP contribution in [0.4, 0.5) is 0 Å². The first-order valence-corrected chi connectivity index (χ1v) is 4.11. The maximum Gasteiger partial charge on any atom is 0.118 e. The molecule has 1 rings (SSSR count). The Morgan fingerprint density at radius 2 is 2.25 bits per heavy atom. The highest BCUT2D eigenvalue weighted by atomic mass is 16.5. The van der Waals surface area contributed by atoms with E-state index in [0.29, 0.717) is 0 Å².